The summed E-state index contributed by atoms with van der Waals surface area (Å²) in [5.74, 6) is 1.85. The molecule has 0 radical (unpaired) electrons. The van der Waals surface area contributed by atoms with Crippen molar-refractivity contribution < 1.29 is 9.15 Å². The number of hydrogen-bond acceptors (Lipinski definition) is 3. The minimum absolute atomic E-state index is 0.862. The van der Waals surface area contributed by atoms with Gasteiger partial charge < -0.3 is 14.1 Å². The first-order chi connectivity index (χ1) is 32.7. The highest BCUT2D eigenvalue weighted by molar-refractivity contribution is 7.20. The van der Waals surface area contributed by atoms with Crippen molar-refractivity contribution in [2.24, 2.45) is 0 Å². The van der Waals surface area contributed by atoms with Gasteiger partial charge in [0, 0.05) is 33.9 Å². The molecule has 0 atom stereocenters. The second-order valence-corrected chi connectivity index (χ2v) is 21.0. The van der Waals surface area contributed by atoms with Crippen LogP contribution < -0.4 is 30.4 Å². The lowest BCUT2D eigenvalue weighted by molar-refractivity contribution is 0.487. The third-order valence-corrected chi connectivity index (χ3v) is 18.4. The van der Waals surface area contributed by atoms with E-state index in [0.717, 1.165) is 55.9 Å². The zero-order chi connectivity index (χ0) is 43.6. The van der Waals surface area contributed by atoms with Crippen LogP contribution in [0, 0.1) is 0 Å². The molecular weight excluding hydrogens is 819 g/mol. The Kier molecular flexibility index (Phi) is 8.86. The van der Waals surface area contributed by atoms with E-state index in [2.05, 4.69) is 241 Å². The number of benzene rings is 11. The molecule has 2 heterocycles. The van der Waals surface area contributed by atoms with Crippen molar-refractivity contribution in [3.05, 3.63) is 249 Å². The molecule has 11 aromatic carbocycles. The summed E-state index contributed by atoms with van der Waals surface area (Å²) in [6.45, 7) is 0. The van der Waals surface area contributed by atoms with Crippen molar-refractivity contribution in [3.63, 3.8) is 0 Å². The lowest BCUT2D eigenvalue weighted by atomic mass is 9.98. The molecule has 13 rings (SSSR count). The van der Waals surface area contributed by atoms with Crippen LogP contribution in [0.1, 0.15) is 0 Å². The monoisotopic (exact) mass is 859 g/mol. The topological polar surface area (TPSA) is 25.6 Å². The Bertz CT molecular complexity index is 3750. The highest BCUT2D eigenvalue weighted by atomic mass is 28.3. The zero-order valence-corrected chi connectivity index (χ0v) is 36.9. The molecule has 1 aliphatic rings. The van der Waals surface area contributed by atoms with E-state index in [9.17, 15) is 0 Å². The number of nitrogens with zero attached hydrogens (tertiary/aromatic N) is 1. The number of anilines is 3. The fourth-order valence-electron chi connectivity index (χ4n) is 10.5. The predicted molar refractivity (Wildman–Crippen MR) is 278 cm³/mol. The van der Waals surface area contributed by atoms with Crippen LogP contribution in [0.4, 0.5) is 17.1 Å². The molecule has 1 aromatic heterocycles. The van der Waals surface area contributed by atoms with Crippen LogP contribution in [0.5, 0.6) is 11.5 Å². The molecule has 1 aliphatic heterocycles. The molecule has 0 amide bonds. The summed E-state index contributed by atoms with van der Waals surface area (Å²) in [6.07, 6.45) is 0. The SMILES string of the molecule is c1ccc(-c2ccc([Si]3(c4ccc5cc(N(c6ccc(-c7cccc8ccccc78)cc6)c6ccc7c(c6)oc6ccccc67)ccc5c4)c4ccccc4Oc4ccccc43)cc2)cc1. The first kappa shape index (κ1) is 38.1. The molecule has 4 heteroatoms. The van der Waals surface area contributed by atoms with Gasteiger partial charge in [-0.05, 0) is 119 Å². The average molecular weight is 860 g/mol. The first-order valence-electron chi connectivity index (χ1n) is 22.6. The van der Waals surface area contributed by atoms with E-state index in [1.165, 1.54) is 59.2 Å². The Morgan fingerprint density at radius 3 is 1.68 bits per heavy atom. The highest BCUT2D eigenvalue weighted by Crippen LogP contribution is 2.41. The Balaban J connectivity index is 0.965. The maximum Gasteiger partial charge on any atom is 0.188 e. The summed E-state index contributed by atoms with van der Waals surface area (Å²) >= 11 is 0. The number of hydrogen-bond donors (Lipinski definition) is 0. The van der Waals surface area contributed by atoms with Gasteiger partial charge in [0.15, 0.2) is 8.07 Å². The normalized spacial score (nSPS) is 12.8. The summed E-state index contributed by atoms with van der Waals surface area (Å²) in [6, 6.07) is 90.3. The van der Waals surface area contributed by atoms with E-state index in [1.807, 2.05) is 12.1 Å². The Morgan fingerprint density at radius 1 is 0.318 bits per heavy atom. The predicted octanol–water partition coefficient (Wildman–Crippen LogP) is 14.2. The van der Waals surface area contributed by atoms with Gasteiger partial charge in [0.2, 0.25) is 0 Å². The molecular formula is C62H41NO2Si. The standard InChI is InChI=1S/C62H41NO2Si/c1-2-13-42(14-3-1)43-28-35-51(36-29-43)66(61-23-10-8-21-58(61)65-59-22-9-11-24-62(59)66)52-37-30-46-39-49(33-27-47(46)40-52)63(50-34-38-56-55-18-6-7-20-57(55)64-60(56)41-50)48-31-25-45(26-32-48)54-19-12-16-44-15-4-5-17-53(44)54/h1-41H. The third kappa shape index (κ3) is 6.11. The molecule has 3 nitrogen and oxygen atoms in total. The van der Waals surface area contributed by atoms with Crippen LogP contribution >= 0.6 is 0 Å². The summed E-state index contributed by atoms with van der Waals surface area (Å²) in [4.78, 5) is 2.35. The smallest absolute Gasteiger partial charge is 0.188 e. The van der Waals surface area contributed by atoms with Crippen LogP contribution in [0.2, 0.25) is 0 Å². The van der Waals surface area contributed by atoms with E-state index in [-0.39, 0.29) is 0 Å². The van der Waals surface area contributed by atoms with E-state index in [4.69, 9.17) is 9.15 Å². The van der Waals surface area contributed by atoms with Crippen LogP contribution in [-0.2, 0) is 0 Å². The van der Waals surface area contributed by atoms with Gasteiger partial charge in [-0.15, -0.1) is 0 Å². The van der Waals surface area contributed by atoms with Crippen molar-refractivity contribution in [1.82, 2.24) is 0 Å². The lowest BCUT2D eigenvalue weighted by Crippen LogP contribution is -2.76. The largest absolute Gasteiger partial charge is 0.458 e. The van der Waals surface area contributed by atoms with E-state index in [1.54, 1.807) is 0 Å². The van der Waals surface area contributed by atoms with Crippen molar-refractivity contribution in [1.29, 1.82) is 0 Å². The van der Waals surface area contributed by atoms with Gasteiger partial charge in [0.25, 0.3) is 0 Å². The number of ether oxygens (including phenoxy) is 1. The molecule has 66 heavy (non-hydrogen) atoms. The fraction of sp³-hybridized carbons (Fsp3) is 0. The molecule has 0 unspecified atom stereocenters. The van der Waals surface area contributed by atoms with Gasteiger partial charge in [0.1, 0.15) is 22.7 Å². The van der Waals surface area contributed by atoms with Gasteiger partial charge in [-0.3, -0.25) is 0 Å². The molecule has 0 saturated heterocycles. The fourth-order valence-corrected chi connectivity index (χ4v) is 15.4. The van der Waals surface area contributed by atoms with Gasteiger partial charge in [0.05, 0.1) is 0 Å². The van der Waals surface area contributed by atoms with Crippen molar-refractivity contribution >= 4 is 89.4 Å². The molecule has 12 aromatic rings. The average Bonchev–Trinajstić information content (AvgIpc) is 3.76. The Morgan fingerprint density at radius 2 is 0.879 bits per heavy atom. The molecule has 310 valence electrons. The van der Waals surface area contributed by atoms with Crippen molar-refractivity contribution in [3.8, 4) is 33.8 Å². The molecule has 0 bridgehead atoms. The van der Waals surface area contributed by atoms with Crippen molar-refractivity contribution in [2.75, 3.05) is 4.90 Å². The van der Waals surface area contributed by atoms with E-state index >= 15 is 0 Å². The number of furan rings is 1. The lowest BCUT2D eigenvalue weighted by Gasteiger charge is -2.39. The molecule has 0 aliphatic carbocycles. The number of fused-ring (bicyclic) bond motifs is 7. The van der Waals surface area contributed by atoms with Crippen LogP contribution in [0.25, 0.3) is 65.7 Å². The van der Waals surface area contributed by atoms with E-state index < -0.39 is 8.07 Å². The number of para-hydroxylation sites is 3. The summed E-state index contributed by atoms with van der Waals surface area (Å²) in [5.41, 5.74) is 9.71. The quantitative estimate of drug-likeness (QED) is 0.149. The third-order valence-electron chi connectivity index (χ3n) is 13.6. The van der Waals surface area contributed by atoms with Crippen LogP contribution in [0.3, 0.4) is 0 Å². The minimum Gasteiger partial charge on any atom is -0.458 e. The Hall–Kier alpha value is -8.44. The van der Waals surface area contributed by atoms with Gasteiger partial charge in [-0.1, -0.05) is 188 Å². The molecule has 0 fully saturated rings. The number of rotatable bonds is 7. The maximum absolute atomic E-state index is 6.70. The minimum atomic E-state index is -2.90. The molecule has 0 saturated carbocycles. The van der Waals surface area contributed by atoms with E-state index in [0.29, 0.717) is 0 Å². The first-order valence-corrected chi connectivity index (χ1v) is 24.6. The van der Waals surface area contributed by atoms with Crippen molar-refractivity contribution in [2.45, 2.75) is 0 Å². The second-order valence-electron chi connectivity index (χ2n) is 17.2. The Labute approximate surface area is 384 Å². The maximum atomic E-state index is 6.70. The zero-order valence-electron chi connectivity index (χ0n) is 35.9. The van der Waals surface area contributed by atoms with Gasteiger partial charge in [-0.2, -0.15) is 0 Å². The van der Waals surface area contributed by atoms with Gasteiger partial charge in [-0.25, -0.2) is 0 Å². The highest BCUT2D eigenvalue weighted by Gasteiger charge is 2.48. The molecule has 0 spiro atoms. The summed E-state index contributed by atoms with van der Waals surface area (Å²) < 4.78 is 13.2. The summed E-state index contributed by atoms with van der Waals surface area (Å²) in [5, 5.41) is 12.2. The van der Waals surface area contributed by atoms with Crippen LogP contribution in [0.15, 0.2) is 253 Å². The summed E-state index contributed by atoms with van der Waals surface area (Å²) in [7, 11) is -2.90. The second kappa shape index (κ2) is 15.4. The van der Waals surface area contributed by atoms with Crippen LogP contribution in [-0.4, -0.2) is 8.07 Å². The van der Waals surface area contributed by atoms with Gasteiger partial charge >= 0.3 is 0 Å². The molecule has 0 N–H and O–H groups in total.